The van der Waals surface area contributed by atoms with E-state index in [9.17, 15) is 4.79 Å². The van der Waals surface area contributed by atoms with Crippen molar-refractivity contribution < 1.29 is 4.79 Å². The van der Waals surface area contributed by atoms with Crippen LogP contribution in [0.3, 0.4) is 0 Å². The number of hydrogen-bond acceptors (Lipinski definition) is 4. The van der Waals surface area contributed by atoms with E-state index in [-0.39, 0.29) is 36.8 Å². The van der Waals surface area contributed by atoms with Gasteiger partial charge >= 0.3 is 0 Å². The third-order valence-electron chi connectivity index (χ3n) is 3.51. The molecule has 0 aromatic carbocycles. The Balaban J connectivity index is 0.00000180. The maximum atomic E-state index is 12.2. The van der Waals surface area contributed by atoms with Crippen molar-refractivity contribution in [3.05, 3.63) is 15.6 Å². The van der Waals surface area contributed by atoms with Crippen LogP contribution in [0.4, 0.5) is 0 Å². The number of carbonyl (C=O) groups excluding carboxylic acids is 1. The van der Waals surface area contributed by atoms with Crippen molar-refractivity contribution in [2.45, 2.75) is 39.7 Å². The summed E-state index contributed by atoms with van der Waals surface area (Å²) < 4.78 is 0. The van der Waals surface area contributed by atoms with Gasteiger partial charge in [-0.05, 0) is 52.6 Å². The lowest BCUT2D eigenvalue weighted by Gasteiger charge is -2.28. The van der Waals surface area contributed by atoms with Crippen LogP contribution in [0, 0.1) is 19.8 Å². The fraction of sp³-hybridized carbons (Fsp3) is 0.692. The van der Waals surface area contributed by atoms with Crippen molar-refractivity contribution >= 4 is 42.1 Å². The van der Waals surface area contributed by atoms with Crippen LogP contribution in [0.5, 0.6) is 0 Å². The fourth-order valence-corrected chi connectivity index (χ4v) is 3.26. The average molecular weight is 340 g/mol. The van der Waals surface area contributed by atoms with Crippen LogP contribution in [-0.2, 0) is 0 Å². The molecule has 0 saturated carbocycles. The summed E-state index contributed by atoms with van der Waals surface area (Å²) in [6, 6.07) is 0.215. The van der Waals surface area contributed by atoms with E-state index in [0.29, 0.717) is 5.92 Å². The zero-order chi connectivity index (χ0) is 13.1. The second-order valence-corrected chi connectivity index (χ2v) is 6.22. The standard InChI is InChI=1S/C13H21N3OS.2ClH/c1-8(11-5-4-6-14-7-11)16-13(17)12-9(2)15-10(3)18-12;;/h8,11,14H,4-7H2,1-3H3,(H,16,17);2*1H. The van der Waals surface area contributed by atoms with Gasteiger partial charge in [0.1, 0.15) is 4.88 Å². The summed E-state index contributed by atoms with van der Waals surface area (Å²) in [6.45, 7) is 8.03. The highest BCUT2D eigenvalue weighted by Gasteiger charge is 2.23. The first-order valence-corrected chi connectivity index (χ1v) is 7.35. The maximum absolute atomic E-state index is 12.2. The molecule has 0 bridgehead atoms. The van der Waals surface area contributed by atoms with Crippen LogP contribution in [0.15, 0.2) is 0 Å². The van der Waals surface area contributed by atoms with Gasteiger partial charge in [-0.25, -0.2) is 4.98 Å². The molecule has 1 aromatic heterocycles. The van der Waals surface area contributed by atoms with E-state index in [4.69, 9.17) is 0 Å². The average Bonchev–Trinajstić information content (AvgIpc) is 2.69. The number of rotatable bonds is 3. The number of amides is 1. The third-order valence-corrected chi connectivity index (χ3v) is 4.58. The molecule has 0 aliphatic carbocycles. The number of hydrogen-bond donors (Lipinski definition) is 2. The number of halogens is 2. The van der Waals surface area contributed by atoms with Gasteiger partial charge in [0.05, 0.1) is 10.7 Å². The van der Waals surface area contributed by atoms with E-state index in [1.54, 1.807) is 0 Å². The molecule has 1 aromatic rings. The van der Waals surface area contributed by atoms with Gasteiger partial charge in [0.15, 0.2) is 0 Å². The highest BCUT2D eigenvalue weighted by molar-refractivity contribution is 7.13. The largest absolute Gasteiger partial charge is 0.349 e. The molecule has 4 nitrogen and oxygen atoms in total. The lowest BCUT2D eigenvalue weighted by molar-refractivity contribution is 0.0925. The first kappa shape index (κ1) is 19.6. The number of aromatic nitrogens is 1. The number of aryl methyl sites for hydroxylation is 2. The first-order chi connectivity index (χ1) is 8.58. The van der Waals surface area contributed by atoms with Gasteiger partial charge in [-0.15, -0.1) is 36.2 Å². The Kier molecular flexibility index (Phi) is 8.66. The van der Waals surface area contributed by atoms with E-state index in [1.165, 1.54) is 24.2 Å². The van der Waals surface area contributed by atoms with Crippen LogP contribution in [0.25, 0.3) is 0 Å². The molecule has 116 valence electrons. The number of thiazole rings is 1. The van der Waals surface area contributed by atoms with E-state index in [2.05, 4.69) is 22.5 Å². The van der Waals surface area contributed by atoms with Crippen LogP contribution in [-0.4, -0.2) is 30.0 Å². The minimum absolute atomic E-state index is 0. The SMILES string of the molecule is Cc1nc(C)c(C(=O)NC(C)C2CCCNC2)s1.Cl.Cl. The Morgan fingerprint density at radius 3 is 2.65 bits per heavy atom. The lowest BCUT2D eigenvalue weighted by Crippen LogP contribution is -2.44. The van der Waals surface area contributed by atoms with Gasteiger partial charge in [0.2, 0.25) is 0 Å². The minimum atomic E-state index is 0. The maximum Gasteiger partial charge on any atom is 0.263 e. The van der Waals surface area contributed by atoms with Crippen LogP contribution in [0.2, 0.25) is 0 Å². The normalized spacial score (nSPS) is 19.4. The van der Waals surface area contributed by atoms with Crippen molar-refractivity contribution in [3.63, 3.8) is 0 Å². The van der Waals surface area contributed by atoms with Gasteiger partial charge in [-0.3, -0.25) is 4.79 Å². The Morgan fingerprint density at radius 2 is 2.15 bits per heavy atom. The molecule has 0 spiro atoms. The Hall–Kier alpha value is -0.360. The zero-order valence-corrected chi connectivity index (χ0v) is 14.5. The molecule has 2 rings (SSSR count). The van der Waals surface area contributed by atoms with Gasteiger partial charge in [-0.2, -0.15) is 0 Å². The lowest BCUT2D eigenvalue weighted by atomic mass is 9.93. The van der Waals surface area contributed by atoms with E-state index < -0.39 is 0 Å². The van der Waals surface area contributed by atoms with Gasteiger partial charge < -0.3 is 10.6 Å². The summed E-state index contributed by atoms with van der Waals surface area (Å²) in [5, 5.41) is 7.44. The highest BCUT2D eigenvalue weighted by Crippen LogP contribution is 2.19. The predicted octanol–water partition coefficient (Wildman–Crippen LogP) is 2.72. The quantitative estimate of drug-likeness (QED) is 0.890. The number of nitrogens with zero attached hydrogens (tertiary/aromatic N) is 1. The van der Waals surface area contributed by atoms with Gasteiger partial charge in [0.25, 0.3) is 5.91 Å². The Bertz CT molecular complexity index is 433. The number of piperidine rings is 1. The summed E-state index contributed by atoms with van der Waals surface area (Å²) >= 11 is 1.47. The molecular weight excluding hydrogens is 317 g/mol. The zero-order valence-electron chi connectivity index (χ0n) is 12.1. The molecule has 1 aliphatic rings. The van der Waals surface area contributed by atoms with Crippen LogP contribution >= 0.6 is 36.2 Å². The smallest absolute Gasteiger partial charge is 0.263 e. The van der Waals surface area contributed by atoms with Crippen molar-refractivity contribution in [3.8, 4) is 0 Å². The first-order valence-electron chi connectivity index (χ1n) is 6.53. The minimum Gasteiger partial charge on any atom is -0.349 e. The molecule has 1 aliphatic heterocycles. The molecule has 20 heavy (non-hydrogen) atoms. The molecule has 1 amide bonds. The summed E-state index contributed by atoms with van der Waals surface area (Å²) in [5.41, 5.74) is 0.837. The summed E-state index contributed by atoms with van der Waals surface area (Å²) in [7, 11) is 0. The van der Waals surface area contributed by atoms with Gasteiger partial charge in [0, 0.05) is 6.04 Å². The molecule has 2 atom stereocenters. The fourth-order valence-electron chi connectivity index (χ4n) is 2.44. The second kappa shape index (κ2) is 8.82. The highest BCUT2D eigenvalue weighted by atomic mass is 35.5. The molecule has 1 saturated heterocycles. The number of carbonyl (C=O) groups is 1. The van der Waals surface area contributed by atoms with E-state index in [0.717, 1.165) is 28.7 Å². The molecule has 2 unspecified atom stereocenters. The topological polar surface area (TPSA) is 54.0 Å². The number of nitrogens with one attached hydrogen (secondary N) is 2. The molecule has 0 radical (unpaired) electrons. The predicted molar refractivity (Wildman–Crippen MR) is 88.6 cm³/mol. The monoisotopic (exact) mass is 339 g/mol. The van der Waals surface area contributed by atoms with E-state index in [1.807, 2.05) is 13.8 Å². The van der Waals surface area contributed by atoms with Gasteiger partial charge in [-0.1, -0.05) is 0 Å². The molecule has 2 N–H and O–H groups in total. The molecule has 7 heteroatoms. The third kappa shape index (κ3) is 4.88. The summed E-state index contributed by atoms with van der Waals surface area (Å²) in [5.74, 6) is 0.563. The molecule has 2 heterocycles. The Morgan fingerprint density at radius 1 is 1.45 bits per heavy atom. The molecule has 1 fully saturated rings. The van der Waals surface area contributed by atoms with Crippen molar-refractivity contribution in [1.29, 1.82) is 0 Å². The van der Waals surface area contributed by atoms with Crippen molar-refractivity contribution in [2.75, 3.05) is 13.1 Å². The van der Waals surface area contributed by atoms with Crippen molar-refractivity contribution in [2.24, 2.45) is 5.92 Å². The van der Waals surface area contributed by atoms with Crippen LogP contribution < -0.4 is 10.6 Å². The van der Waals surface area contributed by atoms with E-state index >= 15 is 0 Å². The molecular formula is C13H23Cl2N3OS. The van der Waals surface area contributed by atoms with Crippen LogP contribution in [0.1, 0.15) is 40.1 Å². The summed E-state index contributed by atoms with van der Waals surface area (Å²) in [4.78, 5) is 17.2. The Labute approximate surface area is 137 Å². The summed E-state index contributed by atoms with van der Waals surface area (Å²) in [6.07, 6.45) is 2.39. The van der Waals surface area contributed by atoms with Crippen molar-refractivity contribution in [1.82, 2.24) is 15.6 Å². The second-order valence-electron chi connectivity index (χ2n) is 5.02.